The van der Waals surface area contributed by atoms with E-state index in [2.05, 4.69) is 10.2 Å². The van der Waals surface area contributed by atoms with E-state index < -0.39 is 0 Å². The van der Waals surface area contributed by atoms with Crippen LogP contribution >= 0.6 is 0 Å². The number of carbonyl (C=O) groups excluding carboxylic acids is 1. The van der Waals surface area contributed by atoms with Crippen molar-refractivity contribution in [1.29, 1.82) is 0 Å². The van der Waals surface area contributed by atoms with Crippen LogP contribution in [0.5, 0.6) is 0 Å². The lowest BCUT2D eigenvalue weighted by atomic mass is 10.2. The van der Waals surface area contributed by atoms with Gasteiger partial charge in [0, 0.05) is 24.3 Å². The van der Waals surface area contributed by atoms with E-state index in [0.29, 0.717) is 18.7 Å². The number of amides is 1. The van der Waals surface area contributed by atoms with Crippen LogP contribution in [0.4, 0.5) is 0 Å². The van der Waals surface area contributed by atoms with Gasteiger partial charge in [-0.05, 0) is 31.2 Å². The van der Waals surface area contributed by atoms with Crippen molar-refractivity contribution >= 4 is 5.91 Å². The summed E-state index contributed by atoms with van der Waals surface area (Å²) >= 11 is 0. The third-order valence-corrected chi connectivity index (χ3v) is 2.87. The Morgan fingerprint density at radius 2 is 1.89 bits per heavy atom. The molecule has 0 aliphatic heterocycles. The van der Waals surface area contributed by atoms with Crippen molar-refractivity contribution < 1.29 is 9.90 Å². The number of carbonyl (C=O) groups is 1. The lowest BCUT2D eigenvalue weighted by molar-refractivity contribution is 0.0732. The number of nitrogens with zero attached hydrogens (tertiary/aromatic N) is 4. The Balaban J connectivity index is 2.16. The van der Waals surface area contributed by atoms with Crippen molar-refractivity contribution in [1.82, 2.24) is 19.7 Å². The minimum absolute atomic E-state index is 0.0294. The number of hydrogen-bond acceptors (Lipinski definition) is 4. The molecule has 0 atom stereocenters. The second-order valence-corrected chi connectivity index (χ2v) is 4.02. The highest BCUT2D eigenvalue weighted by Crippen LogP contribution is 2.10. The normalized spacial score (nSPS) is 10.4. The van der Waals surface area contributed by atoms with Crippen LogP contribution in [0.3, 0.4) is 0 Å². The summed E-state index contributed by atoms with van der Waals surface area (Å²) in [4.78, 5) is 13.8. The van der Waals surface area contributed by atoms with Crippen molar-refractivity contribution in [3.8, 4) is 5.69 Å². The summed E-state index contributed by atoms with van der Waals surface area (Å²) in [6, 6.07) is 7.20. The maximum absolute atomic E-state index is 12.1. The average Bonchev–Trinajstić information content (AvgIpc) is 2.98. The molecule has 1 aromatic heterocycles. The van der Waals surface area contributed by atoms with Gasteiger partial charge in [0.1, 0.15) is 12.7 Å². The molecule has 1 N–H and O–H groups in total. The Hall–Kier alpha value is -2.21. The molecule has 0 saturated heterocycles. The van der Waals surface area contributed by atoms with E-state index in [1.54, 1.807) is 34.3 Å². The van der Waals surface area contributed by atoms with E-state index in [4.69, 9.17) is 5.11 Å². The molecule has 1 heterocycles. The summed E-state index contributed by atoms with van der Waals surface area (Å²) in [6.45, 7) is 2.78. The first-order valence-corrected chi connectivity index (χ1v) is 6.11. The minimum Gasteiger partial charge on any atom is -0.395 e. The number of benzene rings is 1. The number of likely N-dealkylation sites (N-methyl/N-ethyl adjacent to an activating group) is 1. The topological polar surface area (TPSA) is 71.2 Å². The lowest BCUT2D eigenvalue weighted by Crippen LogP contribution is -2.33. The summed E-state index contributed by atoms with van der Waals surface area (Å²) in [5, 5.41) is 16.4. The van der Waals surface area contributed by atoms with Crippen molar-refractivity contribution in [2.45, 2.75) is 6.92 Å². The molecule has 100 valence electrons. The van der Waals surface area contributed by atoms with Crippen LogP contribution in [0.15, 0.2) is 36.9 Å². The zero-order chi connectivity index (χ0) is 13.7. The van der Waals surface area contributed by atoms with E-state index in [0.717, 1.165) is 5.69 Å². The molecule has 0 fully saturated rings. The first kappa shape index (κ1) is 13.2. The molecular weight excluding hydrogens is 244 g/mol. The number of aliphatic hydroxyl groups is 1. The second-order valence-electron chi connectivity index (χ2n) is 4.02. The third-order valence-electron chi connectivity index (χ3n) is 2.87. The Kier molecular flexibility index (Phi) is 4.25. The summed E-state index contributed by atoms with van der Waals surface area (Å²) in [6.07, 6.45) is 3.20. The fourth-order valence-electron chi connectivity index (χ4n) is 1.82. The Labute approximate surface area is 111 Å². The van der Waals surface area contributed by atoms with Crippen LogP contribution in [0.2, 0.25) is 0 Å². The summed E-state index contributed by atoms with van der Waals surface area (Å²) in [7, 11) is 0. The fourth-order valence-corrected chi connectivity index (χ4v) is 1.82. The smallest absolute Gasteiger partial charge is 0.253 e. The third kappa shape index (κ3) is 2.97. The molecule has 6 heteroatoms. The minimum atomic E-state index is -0.0770. The molecule has 0 bridgehead atoms. The van der Waals surface area contributed by atoms with Crippen molar-refractivity contribution in [3.63, 3.8) is 0 Å². The summed E-state index contributed by atoms with van der Waals surface area (Å²) in [5.41, 5.74) is 1.50. The van der Waals surface area contributed by atoms with Crippen molar-refractivity contribution in [2.24, 2.45) is 0 Å². The molecule has 0 spiro atoms. The first-order valence-electron chi connectivity index (χ1n) is 6.11. The summed E-state index contributed by atoms with van der Waals surface area (Å²) < 4.78 is 1.76. The number of rotatable bonds is 5. The van der Waals surface area contributed by atoms with Crippen LogP contribution in [-0.2, 0) is 0 Å². The predicted molar refractivity (Wildman–Crippen MR) is 70.0 cm³/mol. The van der Waals surface area contributed by atoms with E-state index in [-0.39, 0.29) is 12.5 Å². The van der Waals surface area contributed by atoms with Gasteiger partial charge in [0.2, 0.25) is 0 Å². The molecule has 0 aliphatic carbocycles. The largest absolute Gasteiger partial charge is 0.395 e. The molecule has 2 rings (SSSR count). The molecule has 0 saturated carbocycles. The van der Waals surface area contributed by atoms with E-state index >= 15 is 0 Å². The fraction of sp³-hybridized carbons (Fsp3) is 0.308. The highest BCUT2D eigenvalue weighted by molar-refractivity contribution is 5.94. The van der Waals surface area contributed by atoms with Crippen LogP contribution in [-0.4, -0.2) is 50.4 Å². The maximum Gasteiger partial charge on any atom is 0.253 e. The quantitative estimate of drug-likeness (QED) is 0.860. The molecule has 1 amide bonds. The Morgan fingerprint density at radius 1 is 1.26 bits per heavy atom. The molecular formula is C13H16N4O2. The predicted octanol–water partition coefficient (Wildman–Crippen LogP) is 0.722. The zero-order valence-electron chi connectivity index (χ0n) is 10.7. The van der Waals surface area contributed by atoms with Gasteiger partial charge in [-0.2, -0.15) is 0 Å². The van der Waals surface area contributed by atoms with Gasteiger partial charge < -0.3 is 10.0 Å². The van der Waals surface area contributed by atoms with Gasteiger partial charge in [-0.15, -0.1) is 10.2 Å². The van der Waals surface area contributed by atoms with E-state index in [1.165, 1.54) is 0 Å². The molecule has 0 radical (unpaired) electrons. The standard InChI is InChI=1S/C13H16N4O2/c1-2-16(7-8-18)13(19)11-3-5-12(6-4-11)17-9-14-15-10-17/h3-6,9-10,18H,2,7-8H2,1H3. The van der Waals surface area contributed by atoms with Crippen LogP contribution in [0.1, 0.15) is 17.3 Å². The second kappa shape index (κ2) is 6.10. The van der Waals surface area contributed by atoms with E-state index in [9.17, 15) is 4.79 Å². The van der Waals surface area contributed by atoms with Gasteiger partial charge in [-0.25, -0.2) is 0 Å². The molecule has 6 nitrogen and oxygen atoms in total. The monoisotopic (exact) mass is 260 g/mol. The van der Waals surface area contributed by atoms with Gasteiger partial charge in [0.05, 0.1) is 6.61 Å². The van der Waals surface area contributed by atoms with Crippen molar-refractivity contribution in [2.75, 3.05) is 19.7 Å². The highest BCUT2D eigenvalue weighted by atomic mass is 16.3. The maximum atomic E-state index is 12.1. The molecule has 0 unspecified atom stereocenters. The van der Waals surface area contributed by atoms with Crippen LogP contribution in [0, 0.1) is 0 Å². The van der Waals surface area contributed by atoms with Gasteiger partial charge in [0.15, 0.2) is 0 Å². The lowest BCUT2D eigenvalue weighted by Gasteiger charge is -2.19. The van der Waals surface area contributed by atoms with Crippen LogP contribution < -0.4 is 0 Å². The SMILES string of the molecule is CCN(CCO)C(=O)c1ccc(-n2cnnc2)cc1. The highest BCUT2D eigenvalue weighted by Gasteiger charge is 2.13. The van der Waals surface area contributed by atoms with Gasteiger partial charge in [0.25, 0.3) is 5.91 Å². The first-order chi connectivity index (χ1) is 9.26. The summed E-state index contributed by atoms with van der Waals surface area (Å²) in [5.74, 6) is -0.0770. The number of aliphatic hydroxyl groups excluding tert-OH is 1. The van der Waals surface area contributed by atoms with Gasteiger partial charge in [-0.1, -0.05) is 0 Å². The van der Waals surface area contributed by atoms with E-state index in [1.807, 2.05) is 19.1 Å². The number of aromatic nitrogens is 3. The Morgan fingerprint density at radius 3 is 2.42 bits per heavy atom. The Bertz CT molecular complexity index is 522. The van der Waals surface area contributed by atoms with Gasteiger partial charge in [-0.3, -0.25) is 9.36 Å². The molecule has 2 aromatic rings. The van der Waals surface area contributed by atoms with Gasteiger partial charge >= 0.3 is 0 Å². The molecule has 0 aliphatic rings. The van der Waals surface area contributed by atoms with Crippen molar-refractivity contribution in [3.05, 3.63) is 42.5 Å². The molecule has 1 aromatic carbocycles. The van der Waals surface area contributed by atoms with Crippen LogP contribution in [0.25, 0.3) is 5.69 Å². The zero-order valence-corrected chi connectivity index (χ0v) is 10.7. The average molecular weight is 260 g/mol. The number of hydrogen-bond donors (Lipinski definition) is 1. The molecule has 19 heavy (non-hydrogen) atoms.